The van der Waals surface area contributed by atoms with Gasteiger partial charge in [-0.1, -0.05) is 5.21 Å². The average Bonchev–Trinajstić information content (AvgIpc) is 3.22. The van der Waals surface area contributed by atoms with Crippen LogP contribution >= 0.6 is 0 Å². The summed E-state index contributed by atoms with van der Waals surface area (Å²) < 4.78 is 49.2. The van der Waals surface area contributed by atoms with E-state index in [1.165, 1.54) is 29.5 Å². The Labute approximate surface area is 200 Å². The van der Waals surface area contributed by atoms with Crippen LogP contribution in [0.25, 0.3) is 22.1 Å². The van der Waals surface area contributed by atoms with Crippen molar-refractivity contribution in [1.29, 1.82) is 0 Å². The first-order valence-corrected chi connectivity index (χ1v) is 11.8. The number of rotatable bonds is 5. The third kappa shape index (κ3) is 3.98. The first-order valence-electron chi connectivity index (χ1n) is 10.3. The Balaban J connectivity index is 1.49. The van der Waals surface area contributed by atoms with Crippen molar-refractivity contribution >= 4 is 44.7 Å². The van der Waals surface area contributed by atoms with Gasteiger partial charge in [0, 0.05) is 35.4 Å². The number of hydrogen-bond acceptors (Lipinski definition) is 9. The van der Waals surface area contributed by atoms with E-state index in [9.17, 15) is 8.94 Å². The Hall–Kier alpha value is -3.97. The molecule has 0 fully saturated rings. The molecule has 3 heterocycles. The molecule has 0 bridgehead atoms. The lowest BCUT2D eigenvalue weighted by atomic mass is 10.1. The standard InChI is InChI=1S/C22H18F2N8O2S/c1-10-15(34-16-7-13-20(18(24)11(16)2)32(3)31-30-13)6-5-12(17(10)23)28-21-19-14(26-9-27-21)8-25-22(29-19)35(4)33/h5-9H,1-4H3,(H,26,27,28). The first kappa shape index (κ1) is 22.8. The number of aromatic nitrogens is 7. The van der Waals surface area contributed by atoms with Gasteiger partial charge in [-0.05, 0) is 26.0 Å². The summed E-state index contributed by atoms with van der Waals surface area (Å²) in [5.74, 6) is -0.468. The summed E-state index contributed by atoms with van der Waals surface area (Å²) in [5, 5.41) is 10.8. The number of benzene rings is 2. The van der Waals surface area contributed by atoms with Crippen LogP contribution in [0.15, 0.2) is 35.9 Å². The van der Waals surface area contributed by atoms with Crippen molar-refractivity contribution in [3.8, 4) is 11.5 Å². The Morgan fingerprint density at radius 3 is 2.57 bits per heavy atom. The highest BCUT2D eigenvalue weighted by molar-refractivity contribution is 7.90. The zero-order chi connectivity index (χ0) is 24.9. The molecule has 0 aliphatic heterocycles. The molecule has 13 heteroatoms. The molecule has 3 aromatic heterocycles. The molecular formula is C22H18F2N8O2S. The van der Waals surface area contributed by atoms with E-state index in [-0.39, 0.29) is 44.8 Å². The van der Waals surface area contributed by atoms with Crippen molar-refractivity contribution in [1.82, 2.24) is 34.9 Å². The van der Waals surface area contributed by atoms with Crippen molar-refractivity contribution in [3.63, 3.8) is 0 Å². The minimum Gasteiger partial charge on any atom is -0.609 e. The van der Waals surface area contributed by atoms with Gasteiger partial charge in [0.25, 0.3) is 0 Å². The van der Waals surface area contributed by atoms with Crippen LogP contribution < -0.4 is 10.1 Å². The zero-order valence-electron chi connectivity index (χ0n) is 19.0. The van der Waals surface area contributed by atoms with Crippen molar-refractivity contribution in [2.45, 2.75) is 19.0 Å². The number of nitrogens with zero attached hydrogens (tertiary/aromatic N) is 7. The fourth-order valence-corrected chi connectivity index (χ4v) is 3.96. The Morgan fingerprint density at radius 2 is 1.80 bits per heavy atom. The van der Waals surface area contributed by atoms with Crippen LogP contribution in [0.4, 0.5) is 20.3 Å². The summed E-state index contributed by atoms with van der Waals surface area (Å²) >= 11 is -1.41. The molecule has 0 aliphatic carbocycles. The Morgan fingerprint density at radius 1 is 1.03 bits per heavy atom. The SMILES string of the molecule is Cc1c(Oc2cc3nnn(C)c3c(F)c2C)ccc(Nc2ncnc3cnc([S+](C)[O-])nc23)c1F. The fraction of sp³-hybridized carbons (Fsp3) is 0.182. The van der Waals surface area contributed by atoms with Gasteiger partial charge in [-0.2, -0.15) is 9.97 Å². The zero-order valence-corrected chi connectivity index (χ0v) is 19.8. The first-order chi connectivity index (χ1) is 16.7. The molecule has 1 atom stereocenters. The molecule has 178 valence electrons. The molecule has 2 aromatic carbocycles. The highest BCUT2D eigenvalue weighted by Crippen LogP contribution is 2.36. The Bertz CT molecular complexity index is 1610. The number of aryl methyl sites for hydroxylation is 1. The van der Waals surface area contributed by atoms with Crippen LogP contribution in [0.5, 0.6) is 11.5 Å². The molecule has 0 aliphatic rings. The third-order valence-electron chi connectivity index (χ3n) is 5.45. The molecule has 1 unspecified atom stereocenters. The maximum atomic E-state index is 15.3. The Kier molecular flexibility index (Phi) is 5.65. The van der Waals surface area contributed by atoms with Gasteiger partial charge in [0.2, 0.25) is 0 Å². The van der Waals surface area contributed by atoms with E-state index in [1.54, 1.807) is 33.0 Å². The van der Waals surface area contributed by atoms with E-state index >= 15 is 4.39 Å². The molecular weight excluding hydrogens is 478 g/mol. The smallest absolute Gasteiger partial charge is 0.343 e. The molecule has 5 rings (SSSR count). The fourth-order valence-electron chi connectivity index (χ4n) is 3.54. The number of fused-ring (bicyclic) bond motifs is 2. The molecule has 0 saturated heterocycles. The van der Waals surface area contributed by atoms with Gasteiger partial charge in [-0.25, -0.2) is 23.4 Å². The molecule has 1 N–H and O–H groups in total. The number of anilines is 2. The summed E-state index contributed by atoms with van der Waals surface area (Å²) in [6.45, 7) is 3.11. The maximum Gasteiger partial charge on any atom is 0.343 e. The predicted molar refractivity (Wildman–Crippen MR) is 125 cm³/mol. The van der Waals surface area contributed by atoms with Crippen molar-refractivity contribution < 1.29 is 18.1 Å². The van der Waals surface area contributed by atoms with Crippen LogP contribution in [0.2, 0.25) is 0 Å². The monoisotopic (exact) mass is 496 g/mol. The van der Waals surface area contributed by atoms with Crippen molar-refractivity contribution in [2.24, 2.45) is 7.05 Å². The van der Waals surface area contributed by atoms with Gasteiger partial charge >= 0.3 is 5.16 Å². The number of halogens is 2. The van der Waals surface area contributed by atoms with Crippen LogP contribution in [-0.4, -0.2) is 45.7 Å². The highest BCUT2D eigenvalue weighted by atomic mass is 32.2. The summed E-state index contributed by atoms with van der Waals surface area (Å²) in [7, 11) is 1.60. The van der Waals surface area contributed by atoms with Crippen molar-refractivity contribution in [3.05, 3.63) is 53.5 Å². The van der Waals surface area contributed by atoms with Gasteiger partial charge in [0.1, 0.15) is 46.1 Å². The quantitative estimate of drug-likeness (QED) is 0.285. The van der Waals surface area contributed by atoms with E-state index in [4.69, 9.17) is 4.74 Å². The molecule has 5 aromatic rings. The van der Waals surface area contributed by atoms with E-state index in [2.05, 4.69) is 35.6 Å². The number of ether oxygens (including phenoxy) is 1. The minimum atomic E-state index is -1.41. The molecule has 0 saturated carbocycles. The van der Waals surface area contributed by atoms with E-state index < -0.39 is 22.8 Å². The van der Waals surface area contributed by atoms with Gasteiger partial charge in [0.05, 0.1) is 11.9 Å². The van der Waals surface area contributed by atoms with Crippen molar-refractivity contribution in [2.75, 3.05) is 11.6 Å². The van der Waals surface area contributed by atoms with E-state index in [0.29, 0.717) is 16.6 Å². The third-order valence-corrected chi connectivity index (χ3v) is 6.16. The van der Waals surface area contributed by atoms with Crippen LogP contribution in [0.3, 0.4) is 0 Å². The topological polar surface area (TPSA) is 127 Å². The second kappa shape index (κ2) is 8.67. The second-order valence-corrected chi connectivity index (χ2v) is 9.01. The average molecular weight is 497 g/mol. The summed E-state index contributed by atoms with van der Waals surface area (Å²) in [5.41, 5.74) is 1.85. The molecule has 10 nitrogen and oxygen atoms in total. The maximum absolute atomic E-state index is 15.3. The number of hydrogen-bond donors (Lipinski definition) is 1. The molecule has 0 spiro atoms. The second-order valence-electron chi connectivity index (χ2n) is 7.73. The molecule has 0 radical (unpaired) electrons. The van der Waals surface area contributed by atoms with Gasteiger partial charge in [0.15, 0.2) is 17.5 Å². The van der Waals surface area contributed by atoms with Gasteiger partial charge < -0.3 is 14.6 Å². The van der Waals surface area contributed by atoms with Crippen LogP contribution in [-0.2, 0) is 18.2 Å². The summed E-state index contributed by atoms with van der Waals surface area (Å²) in [6, 6.07) is 4.59. The lowest BCUT2D eigenvalue weighted by molar-refractivity contribution is 0.463. The lowest BCUT2D eigenvalue weighted by Crippen LogP contribution is -2.07. The van der Waals surface area contributed by atoms with Crippen LogP contribution in [0.1, 0.15) is 11.1 Å². The summed E-state index contributed by atoms with van der Waals surface area (Å²) in [4.78, 5) is 16.5. The van der Waals surface area contributed by atoms with E-state index in [1.807, 2.05) is 0 Å². The summed E-state index contributed by atoms with van der Waals surface area (Å²) in [6.07, 6.45) is 4.17. The van der Waals surface area contributed by atoms with Crippen LogP contribution in [0, 0.1) is 25.5 Å². The lowest BCUT2D eigenvalue weighted by Gasteiger charge is -2.15. The van der Waals surface area contributed by atoms with Gasteiger partial charge in [-0.15, -0.1) is 5.10 Å². The largest absolute Gasteiger partial charge is 0.609 e. The van der Waals surface area contributed by atoms with Gasteiger partial charge in [-0.3, -0.25) is 0 Å². The minimum absolute atomic E-state index is 0.110. The highest BCUT2D eigenvalue weighted by Gasteiger charge is 2.19. The predicted octanol–water partition coefficient (Wildman–Crippen LogP) is 3.87. The normalized spacial score (nSPS) is 12.3. The number of nitrogens with one attached hydrogen (secondary N) is 1. The van der Waals surface area contributed by atoms with E-state index in [0.717, 1.165) is 0 Å². The molecule has 35 heavy (non-hydrogen) atoms. The molecule has 0 amide bonds.